The van der Waals surface area contributed by atoms with Crippen LogP contribution in [0.25, 0.3) is 0 Å². The van der Waals surface area contributed by atoms with E-state index in [2.05, 4.69) is 50.4 Å². The maximum absolute atomic E-state index is 6.09. The van der Waals surface area contributed by atoms with E-state index in [-0.39, 0.29) is 0 Å². The number of hydrogen-bond donors (Lipinski definition) is 1. The van der Waals surface area contributed by atoms with Crippen LogP contribution in [-0.4, -0.2) is 7.05 Å². The molecule has 0 saturated heterocycles. The molecule has 1 atom stereocenters. The third-order valence-electron chi connectivity index (χ3n) is 3.76. The minimum absolute atomic E-state index is 0.317. The van der Waals surface area contributed by atoms with E-state index in [1.54, 1.807) is 0 Å². The molecule has 0 heterocycles. The molecule has 0 aliphatic heterocycles. The molecule has 20 heavy (non-hydrogen) atoms. The number of nitrogens with one attached hydrogen (secondary N) is 1. The molecule has 0 bridgehead atoms. The van der Waals surface area contributed by atoms with Crippen LogP contribution in [0.4, 0.5) is 0 Å². The summed E-state index contributed by atoms with van der Waals surface area (Å²) in [4.78, 5) is 0. The van der Waals surface area contributed by atoms with Crippen molar-refractivity contribution >= 4 is 0 Å². The Bertz CT molecular complexity index is 573. The highest BCUT2D eigenvalue weighted by Crippen LogP contribution is 2.31. The van der Waals surface area contributed by atoms with E-state index in [9.17, 15) is 0 Å². The third kappa shape index (κ3) is 3.20. The van der Waals surface area contributed by atoms with Crippen LogP contribution in [-0.2, 0) is 0 Å². The molecule has 0 aliphatic rings. The second-order valence-corrected chi connectivity index (χ2v) is 5.14. The first kappa shape index (κ1) is 14.6. The van der Waals surface area contributed by atoms with Gasteiger partial charge in [0.15, 0.2) is 0 Å². The van der Waals surface area contributed by atoms with Crippen molar-refractivity contribution < 1.29 is 4.74 Å². The lowest BCUT2D eigenvalue weighted by Crippen LogP contribution is -2.15. The fourth-order valence-corrected chi connectivity index (χ4v) is 2.35. The molecule has 2 aromatic carbocycles. The summed E-state index contributed by atoms with van der Waals surface area (Å²) in [6, 6.07) is 14.8. The smallest absolute Gasteiger partial charge is 0.132 e. The van der Waals surface area contributed by atoms with Crippen molar-refractivity contribution in [1.82, 2.24) is 5.32 Å². The molecule has 1 N–H and O–H groups in total. The summed E-state index contributed by atoms with van der Waals surface area (Å²) in [5, 5.41) is 3.33. The van der Waals surface area contributed by atoms with Gasteiger partial charge >= 0.3 is 0 Å². The summed E-state index contributed by atoms with van der Waals surface area (Å²) in [6.45, 7) is 6.39. The molecular weight excluding hydrogens is 246 g/mol. The van der Waals surface area contributed by atoms with Crippen LogP contribution in [0.5, 0.6) is 11.5 Å². The SMILES string of the molecule is CCC(NC)c1ccccc1Oc1ccc(C)c(C)c1. The van der Waals surface area contributed by atoms with Gasteiger partial charge in [-0.3, -0.25) is 0 Å². The van der Waals surface area contributed by atoms with Crippen LogP contribution in [0.3, 0.4) is 0 Å². The normalized spacial score (nSPS) is 12.2. The van der Waals surface area contributed by atoms with Crippen molar-refractivity contribution in [2.45, 2.75) is 33.2 Å². The van der Waals surface area contributed by atoms with Crippen molar-refractivity contribution in [3.63, 3.8) is 0 Å². The summed E-state index contributed by atoms with van der Waals surface area (Å²) in [5.41, 5.74) is 3.74. The van der Waals surface area contributed by atoms with Gasteiger partial charge in [-0.2, -0.15) is 0 Å². The average Bonchev–Trinajstić information content (AvgIpc) is 2.46. The van der Waals surface area contributed by atoms with E-state index in [4.69, 9.17) is 4.74 Å². The molecule has 2 nitrogen and oxygen atoms in total. The van der Waals surface area contributed by atoms with Crippen LogP contribution in [0.1, 0.15) is 36.1 Å². The highest BCUT2D eigenvalue weighted by Gasteiger charge is 2.12. The molecule has 0 amide bonds. The predicted molar refractivity (Wildman–Crippen MR) is 84.5 cm³/mol. The Balaban J connectivity index is 2.31. The minimum Gasteiger partial charge on any atom is -0.457 e. The third-order valence-corrected chi connectivity index (χ3v) is 3.76. The van der Waals surface area contributed by atoms with Gasteiger partial charge in [0.1, 0.15) is 11.5 Å². The van der Waals surface area contributed by atoms with Gasteiger partial charge in [0, 0.05) is 11.6 Å². The largest absolute Gasteiger partial charge is 0.457 e. The zero-order chi connectivity index (χ0) is 14.5. The van der Waals surface area contributed by atoms with Gasteiger partial charge in [-0.05, 0) is 56.6 Å². The summed E-state index contributed by atoms with van der Waals surface area (Å²) in [7, 11) is 1.99. The van der Waals surface area contributed by atoms with Gasteiger partial charge in [0.05, 0.1) is 0 Å². The fraction of sp³-hybridized carbons (Fsp3) is 0.333. The first-order valence-electron chi connectivity index (χ1n) is 7.17. The highest BCUT2D eigenvalue weighted by molar-refractivity contribution is 5.41. The number of aryl methyl sites for hydroxylation is 2. The molecule has 0 aliphatic carbocycles. The fourth-order valence-electron chi connectivity index (χ4n) is 2.35. The van der Waals surface area contributed by atoms with Gasteiger partial charge in [0.2, 0.25) is 0 Å². The lowest BCUT2D eigenvalue weighted by atomic mass is 10.0. The Morgan fingerprint density at radius 2 is 1.80 bits per heavy atom. The highest BCUT2D eigenvalue weighted by atomic mass is 16.5. The molecule has 1 unspecified atom stereocenters. The molecular formula is C18H23NO. The van der Waals surface area contributed by atoms with Gasteiger partial charge < -0.3 is 10.1 Å². The second kappa shape index (κ2) is 6.58. The standard InChI is InChI=1S/C18H23NO/c1-5-17(19-4)16-8-6-7-9-18(16)20-15-11-10-13(2)14(3)12-15/h6-12,17,19H,5H2,1-4H3. The Morgan fingerprint density at radius 3 is 2.45 bits per heavy atom. The molecule has 0 fully saturated rings. The van der Waals surface area contributed by atoms with Crippen molar-refractivity contribution in [3.8, 4) is 11.5 Å². The Labute approximate surface area is 121 Å². The van der Waals surface area contributed by atoms with Gasteiger partial charge in [-0.15, -0.1) is 0 Å². The quantitative estimate of drug-likeness (QED) is 0.844. The van der Waals surface area contributed by atoms with Gasteiger partial charge in [-0.1, -0.05) is 31.2 Å². The molecule has 2 aromatic rings. The van der Waals surface area contributed by atoms with Crippen LogP contribution in [0.2, 0.25) is 0 Å². The molecule has 2 heteroatoms. The van der Waals surface area contributed by atoms with Crippen molar-refractivity contribution in [2.75, 3.05) is 7.05 Å². The zero-order valence-electron chi connectivity index (χ0n) is 12.7. The number of benzene rings is 2. The summed E-state index contributed by atoms with van der Waals surface area (Å²) in [6.07, 6.45) is 1.03. The van der Waals surface area contributed by atoms with E-state index >= 15 is 0 Å². The zero-order valence-corrected chi connectivity index (χ0v) is 12.7. The number of rotatable bonds is 5. The summed E-state index contributed by atoms with van der Waals surface area (Å²) in [5.74, 6) is 1.82. The van der Waals surface area contributed by atoms with E-state index < -0.39 is 0 Å². The van der Waals surface area contributed by atoms with Gasteiger partial charge in [-0.25, -0.2) is 0 Å². The average molecular weight is 269 g/mol. The van der Waals surface area contributed by atoms with Crippen LogP contribution in [0, 0.1) is 13.8 Å². The summed E-state index contributed by atoms with van der Waals surface area (Å²) < 4.78 is 6.09. The maximum atomic E-state index is 6.09. The van der Waals surface area contributed by atoms with Crippen molar-refractivity contribution in [3.05, 3.63) is 59.2 Å². The first-order chi connectivity index (χ1) is 9.65. The monoisotopic (exact) mass is 269 g/mol. The molecule has 0 radical (unpaired) electrons. The van der Waals surface area contributed by atoms with Gasteiger partial charge in [0.25, 0.3) is 0 Å². The van der Waals surface area contributed by atoms with Crippen LogP contribution in [0.15, 0.2) is 42.5 Å². The van der Waals surface area contributed by atoms with Crippen molar-refractivity contribution in [1.29, 1.82) is 0 Å². The molecule has 106 valence electrons. The summed E-state index contributed by atoms with van der Waals surface area (Å²) >= 11 is 0. The lowest BCUT2D eigenvalue weighted by Gasteiger charge is -2.18. The Morgan fingerprint density at radius 1 is 1.05 bits per heavy atom. The van der Waals surface area contributed by atoms with Crippen LogP contribution >= 0.6 is 0 Å². The van der Waals surface area contributed by atoms with E-state index in [1.165, 1.54) is 16.7 Å². The number of ether oxygens (including phenoxy) is 1. The lowest BCUT2D eigenvalue weighted by molar-refractivity contribution is 0.458. The van der Waals surface area contributed by atoms with Crippen LogP contribution < -0.4 is 10.1 Å². The number of hydrogen-bond acceptors (Lipinski definition) is 2. The minimum atomic E-state index is 0.317. The van der Waals surface area contributed by atoms with E-state index in [0.29, 0.717) is 6.04 Å². The van der Waals surface area contributed by atoms with Crippen molar-refractivity contribution in [2.24, 2.45) is 0 Å². The Hall–Kier alpha value is -1.80. The molecule has 0 aromatic heterocycles. The molecule has 0 spiro atoms. The first-order valence-corrected chi connectivity index (χ1v) is 7.17. The second-order valence-electron chi connectivity index (χ2n) is 5.14. The maximum Gasteiger partial charge on any atom is 0.132 e. The van der Waals surface area contributed by atoms with E-state index in [1.807, 2.05) is 25.2 Å². The topological polar surface area (TPSA) is 21.3 Å². The number of para-hydroxylation sites is 1. The molecule has 0 saturated carbocycles. The Kier molecular flexibility index (Phi) is 4.80. The van der Waals surface area contributed by atoms with E-state index in [0.717, 1.165) is 17.9 Å². The predicted octanol–water partition coefficient (Wildman–Crippen LogP) is 4.77. The molecule has 2 rings (SSSR count).